The number of phenolic OH excluding ortho intramolecular Hbond substituents is 1. The number of aliphatic carboxylic acids is 1. The number of phenols is 1. The first kappa shape index (κ1) is 19.9. The van der Waals surface area contributed by atoms with Crippen LogP contribution in [0, 0.1) is 5.92 Å². The average molecular weight is 406 g/mol. The summed E-state index contributed by atoms with van der Waals surface area (Å²) in [4.78, 5) is 22.6. The predicted molar refractivity (Wildman–Crippen MR) is 104 cm³/mol. The molecule has 1 aliphatic heterocycles. The van der Waals surface area contributed by atoms with E-state index in [9.17, 15) is 23.1 Å². The number of fused-ring (bicyclic) bond motifs is 1. The Balaban J connectivity index is 1.84. The van der Waals surface area contributed by atoms with Gasteiger partial charge in [-0.15, -0.1) is 0 Å². The summed E-state index contributed by atoms with van der Waals surface area (Å²) in [5.41, 5.74) is 1.03. The van der Waals surface area contributed by atoms with Gasteiger partial charge in [0.25, 0.3) is 5.91 Å². The summed E-state index contributed by atoms with van der Waals surface area (Å²) >= 11 is 0. The number of hydrogen-bond donors (Lipinski definition) is 3. The van der Waals surface area contributed by atoms with Crippen molar-refractivity contribution in [1.82, 2.24) is 4.72 Å². The standard InChI is InChI=1S/C19H22N2O6S/c1-2-13(19(24)25)5-3-4-12-6-7-14-10-17(22)16(9-15(14)8-12)21-11-18(23)20-28(21,26)27/h6-10,13,22H,2-5,11H2,1H3,(H,20,23)(H,24,25). The fourth-order valence-corrected chi connectivity index (χ4v) is 4.55. The van der Waals surface area contributed by atoms with Crippen molar-refractivity contribution in [3.8, 4) is 5.75 Å². The first-order valence-corrected chi connectivity index (χ1v) is 10.5. The molecule has 28 heavy (non-hydrogen) atoms. The van der Waals surface area contributed by atoms with Crippen molar-refractivity contribution < 1.29 is 28.2 Å². The minimum atomic E-state index is -4.01. The van der Waals surface area contributed by atoms with E-state index in [1.165, 1.54) is 12.1 Å². The minimum absolute atomic E-state index is 0.0416. The molecule has 2 aromatic carbocycles. The van der Waals surface area contributed by atoms with Crippen molar-refractivity contribution >= 4 is 38.5 Å². The van der Waals surface area contributed by atoms with E-state index in [0.29, 0.717) is 19.3 Å². The molecule has 150 valence electrons. The maximum absolute atomic E-state index is 12.1. The summed E-state index contributed by atoms with van der Waals surface area (Å²) in [6.45, 7) is 1.48. The lowest BCUT2D eigenvalue weighted by Crippen LogP contribution is -2.29. The van der Waals surface area contributed by atoms with E-state index in [4.69, 9.17) is 5.11 Å². The molecule has 0 radical (unpaired) electrons. The lowest BCUT2D eigenvalue weighted by atomic mass is 9.96. The minimum Gasteiger partial charge on any atom is -0.506 e. The number of nitrogens with one attached hydrogen (secondary N) is 1. The van der Waals surface area contributed by atoms with Gasteiger partial charge in [-0.05, 0) is 54.2 Å². The molecule has 1 aliphatic rings. The Labute approximate surface area is 163 Å². The van der Waals surface area contributed by atoms with Gasteiger partial charge >= 0.3 is 16.2 Å². The summed E-state index contributed by atoms with van der Waals surface area (Å²) in [6.07, 6.45) is 2.59. The second kappa shape index (κ2) is 7.67. The van der Waals surface area contributed by atoms with Crippen LogP contribution in [0.5, 0.6) is 5.75 Å². The largest absolute Gasteiger partial charge is 0.506 e. The lowest BCUT2D eigenvalue weighted by Gasteiger charge is -2.17. The summed E-state index contributed by atoms with van der Waals surface area (Å²) in [6, 6.07) is 8.62. The van der Waals surface area contributed by atoms with Crippen LogP contribution in [0.2, 0.25) is 0 Å². The van der Waals surface area contributed by atoms with Crippen molar-refractivity contribution in [2.75, 3.05) is 10.8 Å². The number of carboxylic acid groups (broad SMARTS) is 1. The van der Waals surface area contributed by atoms with Crippen molar-refractivity contribution in [2.45, 2.75) is 32.6 Å². The number of amides is 1. The molecule has 1 amide bonds. The number of aromatic hydroxyl groups is 1. The number of carbonyl (C=O) groups excluding carboxylic acids is 1. The molecule has 8 nitrogen and oxygen atoms in total. The molecule has 1 unspecified atom stereocenters. The number of carboxylic acids is 1. The zero-order valence-electron chi connectivity index (χ0n) is 15.4. The average Bonchev–Trinajstić information content (AvgIpc) is 2.90. The fourth-order valence-electron chi connectivity index (χ4n) is 3.39. The van der Waals surface area contributed by atoms with Crippen molar-refractivity contribution in [2.24, 2.45) is 5.92 Å². The normalized spacial score (nSPS) is 16.9. The summed E-state index contributed by atoms with van der Waals surface area (Å²) in [7, 11) is -4.01. The summed E-state index contributed by atoms with van der Waals surface area (Å²) in [5.74, 6) is -2.02. The molecule has 0 bridgehead atoms. The van der Waals surface area contributed by atoms with Gasteiger partial charge in [-0.3, -0.25) is 9.59 Å². The second-order valence-corrected chi connectivity index (χ2v) is 8.49. The molecule has 1 fully saturated rings. The number of rotatable bonds is 7. The van der Waals surface area contributed by atoms with Gasteiger partial charge in [0, 0.05) is 0 Å². The number of nitrogens with zero attached hydrogens (tertiary/aromatic N) is 1. The van der Waals surface area contributed by atoms with Crippen LogP contribution in [0.15, 0.2) is 30.3 Å². The molecule has 1 atom stereocenters. The van der Waals surface area contributed by atoms with Gasteiger partial charge < -0.3 is 10.2 Å². The van der Waals surface area contributed by atoms with Crippen molar-refractivity contribution in [3.63, 3.8) is 0 Å². The third-order valence-corrected chi connectivity index (χ3v) is 6.34. The van der Waals surface area contributed by atoms with Crippen LogP contribution in [0.3, 0.4) is 0 Å². The van der Waals surface area contributed by atoms with Crippen molar-refractivity contribution in [1.29, 1.82) is 0 Å². The predicted octanol–water partition coefficient (Wildman–Crippen LogP) is 2.16. The molecule has 2 aromatic rings. The third-order valence-electron chi connectivity index (χ3n) is 4.95. The Morgan fingerprint density at radius 2 is 2.00 bits per heavy atom. The van der Waals surface area contributed by atoms with E-state index in [0.717, 1.165) is 27.1 Å². The van der Waals surface area contributed by atoms with E-state index < -0.39 is 22.1 Å². The van der Waals surface area contributed by atoms with Gasteiger partial charge in [0.05, 0.1) is 11.6 Å². The molecule has 3 N–H and O–H groups in total. The van der Waals surface area contributed by atoms with E-state index in [2.05, 4.69) is 0 Å². The van der Waals surface area contributed by atoms with E-state index in [1.54, 1.807) is 0 Å². The zero-order chi connectivity index (χ0) is 20.5. The van der Waals surface area contributed by atoms with Crippen LogP contribution in [-0.4, -0.2) is 37.1 Å². The van der Waals surface area contributed by atoms with Gasteiger partial charge in [0.2, 0.25) is 0 Å². The molecular weight excluding hydrogens is 384 g/mol. The quantitative estimate of drug-likeness (QED) is 0.647. The number of carbonyl (C=O) groups is 2. The van der Waals surface area contributed by atoms with Crippen LogP contribution >= 0.6 is 0 Å². The second-order valence-electron chi connectivity index (χ2n) is 6.89. The molecule has 0 aliphatic carbocycles. The van der Waals surface area contributed by atoms with Gasteiger partial charge in [0.1, 0.15) is 12.3 Å². The number of anilines is 1. The monoisotopic (exact) mass is 406 g/mol. The third kappa shape index (κ3) is 4.04. The molecule has 0 spiro atoms. The van der Waals surface area contributed by atoms with E-state index in [-0.39, 0.29) is 23.9 Å². The summed E-state index contributed by atoms with van der Waals surface area (Å²) in [5, 5.41) is 20.8. The Morgan fingerprint density at radius 3 is 2.61 bits per heavy atom. The van der Waals surface area contributed by atoms with Crippen LogP contribution in [0.25, 0.3) is 10.8 Å². The van der Waals surface area contributed by atoms with Crippen LogP contribution < -0.4 is 9.03 Å². The van der Waals surface area contributed by atoms with E-state index in [1.807, 2.05) is 29.8 Å². The van der Waals surface area contributed by atoms with E-state index >= 15 is 0 Å². The smallest absolute Gasteiger partial charge is 0.326 e. The molecule has 1 heterocycles. The Hall–Kier alpha value is -2.81. The summed E-state index contributed by atoms with van der Waals surface area (Å²) < 4.78 is 26.8. The number of aryl methyl sites for hydroxylation is 1. The Kier molecular flexibility index (Phi) is 5.46. The molecule has 3 rings (SSSR count). The molecule has 9 heteroatoms. The highest BCUT2D eigenvalue weighted by atomic mass is 32.2. The molecule has 1 saturated heterocycles. The topological polar surface area (TPSA) is 124 Å². The van der Waals surface area contributed by atoms with Gasteiger partial charge in [0.15, 0.2) is 0 Å². The van der Waals surface area contributed by atoms with Gasteiger partial charge in [-0.25, -0.2) is 9.03 Å². The maximum atomic E-state index is 12.1. The van der Waals surface area contributed by atoms with Crippen LogP contribution in [0.4, 0.5) is 5.69 Å². The molecular formula is C19H22N2O6S. The highest BCUT2D eigenvalue weighted by molar-refractivity contribution is 7.92. The fraction of sp³-hybridized carbons (Fsp3) is 0.368. The maximum Gasteiger partial charge on any atom is 0.326 e. The highest BCUT2D eigenvalue weighted by Gasteiger charge is 2.35. The molecule has 0 saturated carbocycles. The lowest BCUT2D eigenvalue weighted by molar-refractivity contribution is -0.142. The van der Waals surface area contributed by atoms with Gasteiger partial charge in [-0.2, -0.15) is 8.42 Å². The number of benzene rings is 2. The molecule has 0 aromatic heterocycles. The van der Waals surface area contributed by atoms with Crippen LogP contribution in [-0.2, 0) is 26.2 Å². The van der Waals surface area contributed by atoms with Crippen LogP contribution in [0.1, 0.15) is 31.7 Å². The number of hydrogen-bond acceptors (Lipinski definition) is 5. The first-order chi connectivity index (χ1) is 13.2. The van der Waals surface area contributed by atoms with Gasteiger partial charge in [-0.1, -0.05) is 25.1 Å². The Morgan fingerprint density at radius 1 is 1.25 bits per heavy atom. The highest BCUT2D eigenvalue weighted by Crippen LogP contribution is 2.35. The zero-order valence-corrected chi connectivity index (χ0v) is 16.2. The Bertz CT molecular complexity index is 1030. The SMILES string of the molecule is CCC(CCCc1ccc2cc(O)c(N3CC(=O)NS3(=O)=O)cc2c1)C(=O)O. The first-order valence-electron chi connectivity index (χ1n) is 9.03. The van der Waals surface area contributed by atoms with Crippen molar-refractivity contribution in [3.05, 3.63) is 35.9 Å².